The van der Waals surface area contributed by atoms with Crippen LogP contribution in [0.5, 0.6) is 0 Å². The number of rotatable bonds is 5. The van der Waals surface area contributed by atoms with Gasteiger partial charge < -0.3 is 5.32 Å². The van der Waals surface area contributed by atoms with Gasteiger partial charge in [0.1, 0.15) is 0 Å². The summed E-state index contributed by atoms with van der Waals surface area (Å²) >= 11 is 0. The van der Waals surface area contributed by atoms with Gasteiger partial charge in [-0.1, -0.05) is 31.0 Å². The van der Waals surface area contributed by atoms with Crippen LogP contribution in [0.15, 0.2) is 18.2 Å². The molecule has 0 aromatic heterocycles. The molecule has 2 aliphatic rings. The van der Waals surface area contributed by atoms with Crippen LogP contribution in [0.1, 0.15) is 55.2 Å². The van der Waals surface area contributed by atoms with E-state index in [1.807, 2.05) is 0 Å². The van der Waals surface area contributed by atoms with Crippen molar-refractivity contribution in [3.05, 3.63) is 34.9 Å². The van der Waals surface area contributed by atoms with E-state index in [1.165, 1.54) is 62.6 Å². The maximum atomic E-state index is 3.79. The lowest BCUT2D eigenvalue weighted by Gasteiger charge is -2.30. The predicted octanol–water partition coefficient (Wildman–Crippen LogP) is 4.16. The number of hydrogen-bond acceptors (Lipinski definition) is 1. The average molecular weight is 257 g/mol. The zero-order chi connectivity index (χ0) is 13.3. The Balaban J connectivity index is 1.70. The van der Waals surface area contributed by atoms with E-state index < -0.39 is 0 Å². The van der Waals surface area contributed by atoms with Gasteiger partial charge in [0, 0.05) is 12.6 Å². The lowest BCUT2D eigenvalue weighted by molar-refractivity contribution is 0.276. The molecule has 0 spiro atoms. The molecule has 3 rings (SSSR count). The van der Waals surface area contributed by atoms with Crippen LogP contribution in [0.3, 0.4) is 0 Å². The van der Waals surface area contributed by atoms with Crippen molar-refractivity contribution in [2.45, 2.75) is 64.8 Å². The first-order chi connectivity index (χ1) is 9.17. The third kappa shape index (κ3) is 3.20. The summed E-state index contributed by atoms with van der Waals surface area (Å²) in [6, 6.07) is 7.89. The van der Waals surface area contributed by atoms with E-state index in [1.54, 1.807) is 5.56 Å². The Morgan fingerprint density at radius 2 is 1.84 bits per heavy atom. The number of benzene rings is 1. The fraction of sp³-hybridized carbons (Fsp3) is 0.667. The van der Waals surface area contributed by atoms with Gasteiger partial charge in [0.15, 0.2) is 0 Å². The molecule has 19 heavy (non-hydrogen) atoms. The zero-order valence-corrected chi connectivity index (χ0v) is 12.5. The molecule has 1 heteroatoms. The van der Waals surface area contributed by atoms with Crippen LogP contribution in [-0.4, -0.2) is 12.6 Å². The second-order valence-electron chi connectivity index (χ2n) is 6.96. The van der Waals surface area contributed by atoms with Gasteiger partial charge in [-0.2, -0.15) is 0 Å². The molecule has 104 valence electrons. The Bertz CT molecular complexity index is 439. The van der Waals surface area contributed by atoms with E-state index in [0.717, 1.165) is 6.04 Å². The van der Waals surface area contributed by atoms with E-state index >= 15 is 0 Å². The van der Waals surface area contributed by atoms with Gasteiger partial charge >= 0.3 is 0 Å². The monoisotopic (exact) mass is 257 g/mol. The first-order valence-electron chi connectivity index (χ1n) is 7.96. The SMILES string of the molecule is Cc1ccc(CC2(CNC3CC3)CCCC2)cc1C. The molecule has 0 heterocycles. The number of hydrogen-bond donors (Lipinski definition) is 1. The second-order valence-corrected chi connectivity index (χ2v) is 6.96. The van der Waals surface area contributed by atoms with Gasteiger partial charge in [0.25, 0.3) is 0 Å². The van der Waals surface area contributed by atoms with Crippen molar-refractivity contribution in [3.8, 4) is 0 Å². The summed E-state index contributed by atoms with van der Waals surface area (Å²) in [5, 5.41) is 3.79. The molecule has 1 aromatic rings. The summed E-state index contributed by atoms with van der Waals surface area (Å²) in [6.07, 6.45) is 9.76. The normalized spacial score (nSPS) is 21.8. The highest BCUT2D eigenvalue weighted by Crippen LogP contribution is 2.41. The maximum Gasteiger partial charge on any atom is 0.00684 e. The summed E-state index contributed by atoms with van der Waals surface area (Å²) in [6.45, 7) is 5.69. The van der Waals surface area contributed by atoms with Crippen LogP contribution in [0.4, 0.5) is 0 Å². The summed E-state index contributed by atoms with van der Waals surface area (Å²) in [4.78, 5) is 0. The Morgan fingerprint density at radius 1 is 1.11 bits per heavy atom. The zero-order valence-electron chi connectivity index (χ0n) is 12.5. The lowest BCUT2D eigenvalue weighted by atomic mass is 9.79. The second kappa shape index (κ2) is 5.28. The van der Waals surface area contributed by atoms with E-state index in [9.17, 15) is 0 Å². The van der Waals surface area contributed by atoms with Crippen LogP contribution in [0.25, 0.3) is 0 Å². The number of nitrogens with one attached hydrogen (secondary N) is 1. The van der Waals surface area contributed by atoms with Crippen molar-refractivity contribution in [1.29, 1.82) is 0 Å². The van der Waals surface area contributed by atoms with Crippen molar-refractivity contribution in [2.75, 3.05) is 6.54 Å². The minimum Gasteiger partial charge on any atom is -0.313 e. The van der Waals surface area contributed by atoms with Crippen molar-refractivity contribution in [3.63, 3.8) is 0 Å². The molecule has 0 amide bonds. The first-order valence-corrected chi connectivity index (χ1v) is 7.96. The smallest absolute Gasteiger partial charge is 0.00684 e. The van der Waals surface area contributed by atoms with Crippen molar-refractivity contribution >= 4 is 0 Å². The molecule has 2 saturated carbocycles. The minimum atomic E-state index is 0.546. The maximum absolute atomic E-state index is 3.79. The quantitative estimate of drug-likeness (QED) is 0.835. The standard InChI is InChI=1S/C18H27N/c1-14-5-6-16(11-15(14)2)12-18(9-3-4-10-18)13-19-17-7-8-17/h5-6,11,17,19H,3-4,7-10,12-13H2,1-2H3. The lowest BCUT2D eigenvalue weighted by Crippen LogP contribution is -2.35. The van der Waals surface area contributed by atoms with E-state index in [-0.39, 0.29) is 0 Å². The molecule has 1 aromatic carbocycles. The number of aryl methyl sites for hydroxylation is 2. The van der Waals surface area contributed by atoms with Gasteiger partial charge in [0.05, 0.1) is 0 Å². The van der Waals surface area contributed by atoms with Crippen LogP contribution in [0, 0.1) is 19.3 Å². The van der Waals surface area contributed by atoms with E-state index in [0.29, 0.717) is 5.41 Å². The van der Waals surface area contributed by atoms with E-state index in [2.05, 4.69) is 37.4 Å². The van der Waals surface area contributed by atoms with Crippen molar-refractivity contribution < 1.29 is 0 Å². The fourth-order valence-electron chi connectivity index (χ4n) is 3.54. The molecule has 0 bridgehead atoms. The largest absolute Gasteiger partial charge is 0.313 e. The summed E-state index contributed by atoms with van der Waals surface area (Å²) < 4.78 is 0. The Kier molecular flexibility index (Phi) is 3.66. The molecule has 1 nitrogen and oxygen atoms in total. The predicted molar refractivity (Wildman–Crippen MR) is 81.5 cm³/mol. The van der Waals surface area contributed by atoms with Crippen LogP contribution >= 0.6 is 0 Å². The van der Waals surface area contributed by atoms with Gasteiger partial charge in [-0.15, -0.1) is 0 Å². The third-order valence-corrected chi connectivity index (χ3v) is 5.16. The van der Waals surface area contributed by atoms with Crippen molar-refractivity contribution in [2.24, 2.45) is 5.41 Å². The highest BCUT2D eigenvalue weighted by atomic mass is 15.0. The van der Waals surface area contributed by atoms with Crippen LogP contribution in [0.2, 0.25) is 0 Å². The van der Waals surface area contributed by atoms with Crippen molar-refractivity contribution in [1.82, 2.24) is 5.32 Å². The topological polar surface area (TPSA) is 12.0 Å². The van der Waals surface area contributed by atoms with E-state index in [4.69, 9.17) is 0 Å². The minimum absolute atomic E-state index is 0.546. The third-order valence-electron chi connectivity index (χ3n) is 5.16. The fourth-order valence-corrected chi connectivity index (χ4v) is 3.54. The molecular weight excluding hydrogens is 230 g/mol. The van der Waals surface area contributed by atoms with Crippen LogP contribution < -0.4 is 5.32 Å². The average Bonchev–Trinajstić information content (AvgIpc) is 3.12. The van der Waals surface area contributed by atoms with Gasteiger partial charge in [-0.05, 0) is 68.1 Å². The molecule has 0 atom stereocenters. The van der Waals surface area contributed by atoms with Gasteiger partial charge in [0.2, 0.25) is 0 Å². The Labute approximate surface area is 117 Å². The molecule has 0 aliphatic heterocycles. The van der Waals surface area contributed by atoms with Crippen LogP contribution in [-0.2, 0) is 6.42 Å². The molecule has 0 unspecified atom stereocenters. The Morgan fingerprint density at radius 3 is 2.47 bits per heavy atom. The molecule has 2 aliphatic carbocycles. The highest BCUT2D eigenvalue weighted by molar-refractivity contribution is 5.30. The summed E-state index contributed by atoms with van der Waals surface area (Å²) in [5.74, 6) is 0. The molecule has 0 radical (unpaired) electrons. The molecule has 0 saturated heterocycles. The van der Waals surface area contributed by atoms with Gasteiger partial charge in [-0.3, -0.25) is 0 Å². The molecule has 1 N–H and O–H groups in total. The summed E-state index contributed by atoms with van der Waals surface area (Å²) in [7, 11) is 0. The highest BCUT2D eigenvalue weighted by Gasteiger charge is 2.35. The molecule has 2 fully saturated rings. The van der Waals surface area contributed by atoms with Gasteiger partial charge in [-0.25, -0.2) is 0 Å². The first kappa shape index (κ1) is 13.2. The molecular formula is C18H27N. The summed E-state index contributed by atoms with van der Waals surface area (Å²) in [5.41, 5.74) is 4.95. The Hall–Kier alpha value is -0.820.